The van der Waals surface area contributed by atoms with Crippen molar-refractivity contribution in [1.82, 2.24) is 0 Å². The molecule has 90 valence electrons. The van der Waals surface area contributed by atoms with Gasteiger partial charge < -0.3 is 4.43 Å². The van der Waals surface area contributed by atoms with Crippen molar-refractivity contribution >= 4 is 8.32 Å². The zero-order valence-electron chi connectivity index (χ0n) is 10.8. The Labute approximate surface area is 101 Å². The fourth-order valence-corrected chi connectivity index (χ4v) is 3.81. The molecule has 0 aliphatic rings. The predicted octanol–water partition coefficient (Wildman–Crippen LogP) is 4.85. The highest BCUT2D eigenvalue weighted by molar-refractivity contribution is 6.71. The van der Waals surface area contributed by atoms with Crippen LogP contribution in [0.1, 0.15) is 32.6 Å². The number of unbranched alkanes of at least 4 members (excludes halogenated alkanes) is 3. The van der Waals surface area contributed by atoms with Crippen LogP contribution in [0.2, 0.25) is 19.1 Å². The Balaban J connectivity index is 2.33. The summed E-state index contributed by atoms with van der Waals surface area (Å²) in [6.07, 6.45) is 5.34. The van der Waals surface area contributed by atoms with E-state index in [2.05, 4.69) is 32.2 Å². The second-order valence-electron chi connectivity index (χ2n) is 4.99. The molecular weight excluding hydrogens is 212 g/mol. The first-order valence-corrected chi connectivity index (χ1v) is 9.49. The summed E-state index contributed by atoms with van der Waals surface area (Å²) in [5.74, 6) is 1.04. The first-order valence-electron chi connectivity index (χ1n) is 6.38. The van der Waals surface area contributed by atoms with Gasteiger partial charge in [0, 0.05) is 0 Å². The van der Waals surface area contributed by atoms with Crippen LogP contribution >= 0.6 is 0 Å². The van der Waals surface area contributed by atoms with Gasteiger partial charge in [-0.1, -0.05) is 50.8 Å². The molecule has 0 aliphatic carbocycles. The molecule has 0 spiro atoms. The third-order valence-electron chi connectivity index (χ3n) is 2.77. The van der Waals surface area contributed by atoms with Gasteiger partial charge in [-0.05, 0) is 31.3 Å². The lowest BCUT2D eigenvalue weighted by molar-refractivity contribution is 0.538. The van der Waals surface area contributed by atoms with E-state index >= 15 is 0 Å². The summed E-state index contributed by atoms with van der Waals surface area (Å²) in [4.78, 5) is 0. The van der Waals surface area contributed by atoms with Crippen LogP contribution in [0.15, 0.2) is 30.3 Å². The summed E-state index contributed by atoms with van der Waals surface area (Å²) in [6.45, 7) is 6.88. The van der Waals surface area contributed by atoms with Crippen molar-refractivity contribution < 1.29 is 4.43 Å². The van der Waals surface area contributed by atoms with E-state index in [0.717, 1.165) is 5.75 Å². The molecule has 2 heteroatoms. The molecule has 0 N–H and O–H groups in total. The van der Waals surface area contributed by atoms with Gasteiger partial charge >= 0.3 is 0 Å². The minimum absolute atomic E-state index is 1.04. The van der Waals surface area contributed by atoms with Crippen LogP contribution in [0.4, 0.5) is 0 Å². The van der Waals surface area contributed by atoms with Gasteiger partial charge in [0.2, 0.25) is 8.32 Å². The molecule has 0 heterocycles. The largest absolute Gasteiger partial charge is 0.544 e. The maximum absolute atomic E-state index is 6.12. The molecule has 16 heavy (non-hydrogen) atoms. The van der Waals surface area contributed by atoms with Crippen LogP contribution in [0, 0.1) is 0 Å². The molecule has 0 saturated heterocycles. The number of hydrogen-bond donors (Lipinski definition) is 0. The van der Waals surface area contributed by atoms with E-state index in [1.54, 1.807) is 0 Å². The van der Waals surface area contributed by atoms with Gasteiger partial charge in [-0.15, -0.1) is 0 Å². The van der Waals surface area contributed by atoms with Crippen LogP contribution in [0.3, 0.4) is 0 Å². The molecule has 0 aromatic heterocycles. The molecule has 1 nitrogen and oxygen atoms in total. The van der Waals surface area contributed by atoms with Crippen LogP contribution in [0.25, 0.3) is 0 Å². The van der Waals surface area contributed by atoms with Crippen LogP contribution in [-0.4, -0.2) is 8.32 Å². The third-order valence-corrected chi connectivity index (χ3v) is 5.12. The summed E-state index contributed by atoms with van der Waals surface area (Å²) < 4.78 is 6.12. The molecule has 0 atom stereocenters. The molecule has 0 saturated carbocycles. The Morgan fingerprint density at radius 2 is 1.69 bits per heavy atom. The topological polar surface area (TPSA) is 9.23 Å². The molecule has 0 radical (unpaired) electrons. The Hall–Kier alpha value is -0.763. The monoisotopic (exact) mass is 236 g/mol. The SMILES string of the molecule is CCCCCC[Si](C)(C)Oc1ccccc1. The van der Waals surface area contributed by atoms with Crippen molar-refractivity contribution in [2.24, 2.45) is 0 Å². The van der Waals surface area contributed by atoms with Gasteiger partial charge in [0.25, 0.3) is 0 Å². The van der Waals surface area contributed by atoms with Crippen molar-refractivity contribution in [3.8, 4) is 5.75 Å². The van der Waals surface area contributed by atoms with Crippen LogP contribution < -0.4 is 4.43 Å². The van der Waals surface area contributed by atoms with Gasteiger partial charge in [-0.25, -0.2) is 0 Å². The summed E-state index contributed by atoms with van der Waals surface area (Å²) in [7, 11) is -1.49. The first-order chi connectivity index (χ1) is 7.64. The lowest BCUT2D eigenvalue weighted by Gasteiger charge is -2.24. The standard InChI is InChI=1S/C14H24OSi/c1-4-5-6-10-13-16(2,3)15-14-11-8-7-9-12-14/h7-9,11-12H,4-6,10,13H2,1-3H3. The van der Waals surface area contributed by atoms with Crippen molar-refractivity contribution in [3.05, 3.63) is 30.3 Å². The highest BCUT2D eigenvalue weighted by Gasteiger charge is 2.23. The molecule has 1 aromatic rings. The molecule has 0 fully saturated rings. The van der Waals surface area contributed by atoms with Crippen molar-refractivity contribution in [1.29, 1.82) is 0 Å². The second kappa shape index (κ2) is 6.74. The van der Waals surface area contributed by atoms with E-state index in [1.165, 1.54) is 31.7 Å². The molecular formula is C14H24OSi. The Kier molecular flexibility index (Phi) is 5.60. The fraction of sp³-hybridized carbons (Fsp3) is 0.571. The summed E-state index contributed by atoms with van der Waals surface area (Å²) in [5.41, 5.74) is 0. The summed E-state index contributed by atoms with van der Waals surface area (Å²) in [6, 6.07) is 11.5. The Morgan fingerprint density at radius 1 is 1.00 bits per heavy atom. The van der Waals surface area contributed by atoms with Gasteiger partial charge in [0.1, 0.15) is 5.75 Å². The third kappa shape index (κ3) is 5.36. The number of para-hydroxylation sites is 1. The lowest BCUT2D eigenvalue weighted by atomic mass is 10.2. The summed E-state index contributed by atoms with van der Waals surface area (Å²) >= 11 is 0. The number of rotatable bonds is 7. The van der Waals surface area contributed by atoms with Crippen molar-refractivity contribution in [2.45, 2.75) is 51.7 Å². The van der Waals surface area contributed by atoms with Crippen LogP contribution in [-0.2, 0) is 0 Å². The molecule has 1 rings (SSSR count). The highest BCUT2D eigenvalue weighted by Crippen LogP contribution is 2.20. The zero-order valence-corrected chi connectivity index (χ0v) is 11.8. The average molecular weight is 236 g/mol. The fourth-order valence-electron chi connectivity index (χ4n) is 1.84. The lowest BCUT2D eigenvalue weighted by Crippen LogP contribution is -2.33. The van der Waals surface area contributed by atoms with Gasteiger partial charge in [0.15, 0.2) is 0 Å². The zero-order chi connectivity index (χ0) is 11.9. The maximum Gasteiger partial charge on any atom is 0.245 e. The number of benzene rings is 1. The van der Waals surface area contributed by atoms with Crippen molar-refractivity contribution in [2.75, 3.05) is 0 Å². The molecule has 0 aliphatic heterocycles. The van der Waals surface area contributed by atoms with Crippen LogP contribution in [0.5, 0.6) is 5.75 Å². The van der Waals surface area contributed by atoms with E-state index in [9.17, 15) is 0 Å². The Morgan fingerprint density at radius 3 is 2.31 bits per heavy atom. The molecule has 0 unspecified atom stereocenters. The maximum atomic E-state index is 6.12. The highest BCUT2D eigenvalue weighted by atomic mass is 28.4. The molecule has 0 amide bonds. The quantitative estimate of drug-likeness (QED) is 0.486. The minimum Gasteiger partial charge on any atom is -0.544 e. The van der Waals surface area contributed by atoms with Crippen molar-refractivity contribution in [3.63, 3.8) is 0 Å². The van der Waals surface area contributed by atoms with E-state index in [0.29, 0.717) is 0 Å². The van der Waals surface area contributed by atoms with Gasteiger partial charge in [0.05, 0.1) is 0 Å². The molecule has 1 aromatic carbocycles. The Bertz CT molecular complexity index is 282. The minimum atomic E-state index is -1.49. The average Bonchev–Trinajstić information content (AvgIpc) is 2.25. The van der Waals surface area contributed by atoms with Gasteiger partial charge in [-0.2, -0.15) is 0 Å². The summed E-state index contributed by atoms with van der Waals surface area (Å²) in [5, 5.41) is 0. The first kappa shape index (κ1) is 13.3. The van der Waals surface area contributed by atoms with E-state index < -0.39 is 8.32 Å². The molecule has 0 bridgehead atoms. The normalized spacial score (nSPS) is 11.4. The predicted molar refractivity (Wildman–Crippen MR) is 73.5 cm³/mol. The van der Waals surface area contributed by atoms with E-state index in [-0.39, 0.29) is 0 Å². The number of hydrogen-bond acceptors (Lipinski definition) is 1. The van der Waals surface area contributed by atoms with Gasteiger partial charge in [-0.3, -0.25) is 0 Å². The van der Waals surface area contributed by atoms with E-state index in [1.807, 2.05) is 18.2 Å². The second-order valence-corrected chi connectivity index (χ2v) is 9.21. The van der Waals surface area contributed by atoms with E-state index in [4.69, 9.17) is 4.43 Å². The smallest absolute Gasteiger partial charge is 0.245 e.